The number of carboxylic acid groups (broad SMARTS) is 2. The van der Waals surface area contributed by atoms with Gasteiger partial charge in [-0.3, -0.25) is 29.4 Å². The second kappa shape index (κ2) is 16.9. The molecule has 2 aromatic rings. The molecule has 2 fully saturated rings. The minimum Gasteiger partial charge on any atom is -0.481 e. The first-order valence-electron chi connectivity index (χ1n) is 15.3. The lowest BCUT2D eigenvalue weighted by Gasteiger charge is -2.36. The molecule has 0 radical (unpaired) electrons. The lowest BCUT2D eigenvalue weighted by molar-refractivity contribution is -0.163. The van der Waals surface area contributed by atoms with E-state index in [1.807, 2.05) is 12.1 Å². The number of likely N-dealkylation sites (tertiary alicyclic amines) is 2. The molecule has 7 N–H and O–H groups in total. The van der Waals surface area contributed by atoms with Gasteiger partial charge in [0.05, 0.1) is 11.3 Å². The molecule has 4 atom stereocenters. The molecule has 16 nitrogen and oxygen atoms in total. The zero-order valence-electron chi connectivity index (χ0n) is 26.8. The maximum Gasteiger partial charge on any atom is 0.312 e. The first kappa shape index (κ1) is 37.7. The van der Waals surface area contributed by atoms with Crippen molar-refractivity contribution in [2.45, 2.75) is 56.6 Å². The first-order chi connectivity index (χ1) is 22.6. The Kier molecular flexibility index (Phi) is 13.2. The highest BCUT2D eigenvalue weighted by Crippen LogP contribution is 2.23. The van der Waals surface area contributed by atoms with Crippen LogP contribution in [0.25, 0.3) is 10.8 Å². The second-order valence-electron chi connectivity index (χ2n) is 11.7. The van der Waals surface area contributed by atoms with E-state index >= 15 is 0 Å². The summed E-state index contributed by atoms with van der Waals surface area (Å²) in [7, 11) is -4.27. The van der Waals surface area contributed by atoms with E-state index in [0.717, 1.165) is 25.2 Å². The third-order valence-corrected chi connectivity index (χ3v) is 9.45. The van der Waals surface area contributed by atoms with E-state index in [2.05, 4.69) is 10.0 Å². The van der Waals surface area contributed by atoms with Gasteiger partial charge in [0.2, 0.25) is 21.8 Å². The van der Waals surface area contributed by atoms with E-state index in [1.165, 1.54) is 24.0 Å². The smallest absolute Gasteiger partial charge is 0.312 e. The number of amides is 2. The van der Waals surface area contributed by atoms with Crippen LogP contribution in [0.1, 0.15) is 39.5 Å². The molecule has 17 heteroatoms. The summed E-state index contributed by atoms with van der Waals surface area (Å²) in [5.74, 6) is -5.33. The fraction of sp³-hybridized carbons (Fsp3) is 0.484. The fourth-order valence-corrected chi connectivity index (χ4v) is 6.88. The van der Waals surface area contributed by atoms with Crippen LogP contribution in [0.2, 0.25) is 0 Å². The Morgan fingerprint density at radius 1 is 1.00 bits per heavy atom. The highest BCUT2D eigenvalue weighted by molar-refractivity contribution is 7.89. The van der Waals surface area contributed by atoms with Gasteiger partial charge in [-0.2, -0.15) is 4.72 Å². The van der Waals surface area contributed by atoms with Crippen molar-refractivity contribution >= 4 is 56.5 Å². The maximum atomic E-state index is 13.5. The van der Waals surface area contributed by atoms with E-state index in [4.69, 9.17) is 25.8 Å². The molecule has 0 aliphatic carbocycles. The number of nitrogens with one attached hydrogen (secondary N) is 3. The quantitative estimate of drug-likeness (QED) is 0.114. The standard InChI is InChI=1S/C29H38N6O8S.C2H4O2/c1-18(36)43-25-10-12-34(17-23(25)28(39)40)26(37)14-24(27(38)32-15-19-5-4-11-35(16-19)29(30)31)33-44(41,42)22-9-8-20-6-2-3-7-21(20)13-22;1-2(3)4/h2-3,6-9,13,19,23-25,33H,4-5,10-12,14-17H2,1H3,(H3,30,31)(H,32,38)(H,39,40);1H3,(H,3,4)/t19-,23+,24+,25+;/m0./s1. The van der Waals surface area contributed by atoms with Crippen molar-refractivity contribution in [1.82, 2.24) is 19.8 Å². The number of fused-ring (bicyclic) bond motifs is 1. The molecule has 262 valence electrons. The summed E-state index contributed by atoms with van der Waals surface area (Å²) in [5.41, 5.74) is 5.62. The number of guanidine groups is 1. The zero-order valence-corrected chi connectivity index (χ0v) is 27.6. The van der Waals surface area contributed by atoms with Crippen LogP contribution in [0.4, 0.5) is 0 Å². The number of carbonyl (C=O) groups excluding carboxylic acids is 3. The third-order valence-electron chi connectivity index (χ3n) is 7.99. The Hall–Kier alpha value is -4.77. The number of sulfonamides is 1. The number of aliphatic carboxylic acids is 2. The predicted octanol–water partition coefficient (Wildman–Crippen LogP) is 0.554. The van der Waals surface area contributed by atoms with Crippen molar-refractivity contribution in [1.29, 1.82) is 5.41 Å². The number of nitrogens with zero attached hydrogens (tertiary/aromatic N) is 2. The normalized spacial score (nSPS) is 20.1. The van der Waals surface area contributed by atoms with Crippen LogP contribution >= 0.6 is 0 Å². The Balaban J connectivity index is 0.00000148. The van der Waals surface area contributed by atoms with E-state index in [-0.39, 0.29) is 42.8 Å². The van der Waals surface area contributed by atoms with Gasteiger partial charge in [-0.05, 0) is 41.7 Å². The van der Waals surface area contributed by atoms with Crippen LogP contribution in [0.3, 0.4) is 0 Å². The highest BCUT2D eigenvalue weighted by atomic mass is 32.2. The molecule has 2 amide bonds. The Labute approximate surface area is 278 Å². The Bertz CT molecular complexity index is 1630. The van der Waals surface area contributed by atoms with E-state index in [1.54, 1.807) is 23.1 Å². The molecular weight excluding hydrogens is 648 g/mol. The van der Waals surface area contributed by atoms with Crippen molar-refractivity contribution in [3.63, 3.8) is 0 Å². The number of nitrogens with two attached hydrogens (primary N) is 1. The SMILES string of the molecule is CC(=O)O.CC(=O)O[C@@H]1CCN(C(=O)C[C@@H](NS(=O)(=O)c2ccc3ccccc3c2)C(=O)NC[C@@H]2CCCN(C(=N)N)C2)C[C@H]1C(=O)O. The predicted molar refractivity (Wildman–Crippen MR) is 173 cm³/mol. The first-order valence-corrected chi connectivity index (χ1v) is 16.8. The number of carbonyl (C=O) groups is 5. The van der Waals surface area contributed by atoms with Gasteiger partial charge >= 0.3 is 11.9 Å². The number of piperidine rings is 2. The van der Waals surface area contributed by atoms with Crippen molar-refractivity contribution in [2.75, 3.05) is 32.7 Å². The molecule has 2 aliphatic heterocycles. The molecule has 0 aromatic heterocycles. The lowest BCUT2D eigenvalue weighted by atomic mass is 9.94. The monoisotopic (exact) mass is 690 g/mol. The van der Waals surface area contributed by atoms with Crippen LogP contribution in [0, 0.1) is 17.2 Å². The maximum absolute atomic E-state index is 13.5. The van der Waals surface area contributed by atoms with E-state index < -0.39 is 64.2 Å². The van der Waals surface area contributed by atoms with Crippen LogP contribution in [0.5, 0.6) is 0 Å². The zero-order chi connectivity index (χ0) is 35.6. The average molecular weight is 691 g/mol. The van der Waals surface area contributed by atoms with Gasteiger partial charge in [0.25, 0.3) is 5.97 Å². The third kappa shape index (κ3) is 10.9. The molecule has 2 saturated heterocycles. The number of carboxylic acids is 2. The molecule has 0 bridgehead atoms. The van der Waals surface area contributed by atoms with E-state index in [0.29, 0.717) is 18.5 Å². The number of rotatable bonds is 10. The summed E-state index contributed by atoms with van der Waals surface area (Å²) in [6.07, 6.45) is 0.142. The van der Waals surface area contributed by atoms with Crippen LogP contribution in [-0.4, -0.2) is 109 Å². The largest absolute Gasteiger partial charge is 0.481 e. The Morgan fingerprint density at radius 2 is 1.67 bits per heavy atom. The molecule has 2 heterocycles. The van der Waals surface area contributed by atoms with Gasteiger partial charge in [-0.1, -0.05) is 30.3 Å². The topological polar surface area (TPSA) is 250 Å². The summed E-state index contributed by atoms with van der Waals surface area (Å²) in [6, 6.07) is 10.2. The fourth-order valence-electron chi connectivity index (χ4n) is 5.65. The number of hydrogen-bond donors (Lipinski definition) is 6. The molecule has 2 aliphatic rings. The van der Waals surface area contributed by atoms with Gasteiger partial charge < -0.3 is 35.8 Å². The molecule has 2 aromatic carbocycles. The highest BCUT2D eigenvalue weighted by Gasteiger charge is 2.39. The summed E-state index contributed by atoms with van der Waals surface area (Å²) >= 11 is 0. The molecule has 48 heavy (non-hydrogen) atoms. The average Bonchev–Trinajstić information content (AvgIpc) is 3.02. The molecular formula is C31H42N6O10S. The van der Waals surface area contributed by atoms with Crippen LogP contribution < -0.4 is 15.8 Å². The number of esters is 1. The van der Waals surface area contributed by atoms with Gasteiger partial charge in [-0.25, -0.2) is 8.42 Å². The van der Waals surface area contributed by atoms with Crippen LogP contribution in [0.15, 0.2) is 47.4 Å². The lowest BCUT2D eigenvalue weighted by Crippen LogP contribution is -2.54. The number of benzene rings is 2. The minimum atomic E-state index is -4.27. The number of ether oxygens (including phenoxy) is 1. The number of hydrogen-bond acceptors (Lipinski definition) is 9. The summed E-state index contributed by atoms with van der Waals surface area (Å²) in [6.45, 7) is 3.33. The van der Waals surface area contributed by atoms with Gasteiger partial charge in [0.1, 0.15) is 18.1 Å². The van der Waals surface area contributed by atoms with Crippen molar-refractivity contribution in [2.24, 2.45) is 17.6 Å². The van der Waals surface area contributed by atoms with Gasteiger partial charge in [0.15, 0.2) is 5.96 Å². The second-order valence-corrected chi connectivity index (χ2v) is 13.4. The summed E-state index contributed by atoms with van der Waals surface area (Å²) in [5, 5.41) is 29.0. The molecule has 4 rings (SSSR count). The van der Waals surface area contributed by atoms with E-state index in [9.17, 15) is 32.7 Å². The van der Waals surface area contributed by atoms with Gasteiger partial charge in [-0.15, -0.1) is 0 Å². The van der Waals surface area contributed by atoms with Crippen molar-refractivity contribution < 1.29 is 47.3 Å². The minimum absolute atomic E-state index is 0.0401. The summed E-state index contributed by atoms with van der Waals surface area (Å²) < 4.78 is 34.5. The van der Waals surface area contributed by atoms with Gasteiger partial charge in [0, 0.05) is 53.0 Å². The molecule has 0 unspecified atom stereocenters. The molecule has 0 spiro atoms. The summed E-state index contributed by atoms with van der Waals surface area (Å²) in [4.78, 5) is 62.0. The Morgan fingerprint density at radius 3 is 2.29 bits per heavy atom. The molecule has 0 saturated carbocycles. The van der Waals surface area contributed by atoms with Crippen molar-refractivity contribution in [3.8, 4) is 0 Å². The van der Waals surface area contributed by atoms with Crippen molar-refractivity contribution in [3.05, 3.63) is 42.5 Å². The van der Waals surface area contributed by atoms with Crippen LogP contribution in [-0.2, 0) is 38.7 Å².